The highest BCUT2D eigenvalue weighted by atomic mass is 32.1. The smallest absolute Gasteiger partial charge is 0.280 e. The van der Waals surface area contributed by atoms with Crippen molar-refractivity contribution in [3.63, 3.8) is 0 Å². The number of aromatic nitrogens is 4. The van der Waals surface area contributed by atoms with E-state index in [4.69, 9.17) is 5.73 Å². The largest absolute Gasteiger partial charge is 0.382 e. The fraction of sp³-hybridized carbons (Fsp3) is 0.321. The van der Waals surface area contributed by atoms with Crippen LogP contribution >= 0.6 is 11.3 Å². The van der Waals surface area contributed by atoms with E-state index in [0.717, 1.165) is 41.2 Å². The fourth-order valence-corrected chi connectivity index (χ4v) is 6.31. The zero-order valence-electron chi connectivity index (χ0n) is 22.3. The number of carbonyl (C=O) groups excluding carboxylic acids is 2. The topological polar surface area (TPSA) is 122 Å². The molecular weight excluding hydrogens is 550 g/mol. The highest BCUT2D eigenvalue weighted by Crippen LogP contribution is 2.35. The van der Waals surface area contributed by atoms with Crippen LogP contribution in [0.1, 0.15) is 47.3 Å². The van der Waals surface area contributed by atoms with Crippen molar-refractivity contribution in [1.29, 1.82) is 0 Å². The predicted octanol–water partition coefficient (Wildman–Crippen LogP) is 4.02. The minimum absolute atomic E-state index is 0.0117. The molecule has 0 aromatic carbocycles. The number of nitrogens with two attached hydrogens (primary N) is 1. The maximum atomic E-state index is 13.2. The molecule has 1 saturated heterocycles. The number of nitrogen functional groups attached to an aromatic ring is 1. The van der Waals surface area contributed by atoms with Crippen molar-refractivity contribution in [1.82, 2.24) is 29.8 Å². The Hall–Kier alpha value is -4.39. The van der Waals surface area contributed by atoms with Gasteiger partial charge in [0.1, 0.15) is 17.5 Å². The molecule has 4 aromatic heterocycles. The Morgan fingerprint density at radius 3 is 2.83 bits per heavy atom. The number of alkyl halides is 2. The number of rotatable bonds is 6. The molecule has 0 aliphatic carbocycles. The average Bonchev–Trinajstić information content (AvgIpc) is 3.72. The lowest BCUT2D eigenvalue weighted by Crippen LogP contribution is -2.47. The van der Waals surface area contributed by atoms with Crippen LogP contribution in [0.3, 0.4) is 0 Å². The first-order valence-electron chi connectivity index (χ1n) is 13.3. The standard InChI is InChI=1S/C28H28F2N8O2S/c1-16(39)36-10-7-18(13-36)21-12-22(25-27(31)33-15-34-38(21)25)37-9-2-3-19(14-37)35-28(40)24-5-4-23(41-24)17-6-8-32-20(11-17)26(29)30/h4-8,11-12,15,19,26H,2-3,9-10,13-14H2,1H3,(H,35,40)(H2,31,33,34)/t19-/m1/s1. The van der Waals surface area contributed by atoms with Gasteiger partial charge in [-0.2, -0.15) is 5.10 Å². The van der Waals surface area contributed by atoms with Crippen LogP contribution < -0.4 is 16.0 Å². The highest BCUT2D eigenvalue weighted by molar-refractivity contribution is 7.17. The molecule has 0 unspecified atom stereocenters. The van der Waals surface area contributed by atoms with E-state index in [-0.39, 0.29) is 23.6 Å². The van der Waals surface area contributed by atoms with Gasteiger partial charge < -0.3 is 20.9 Å². The Bertz CT molecular complexity index is 1670. The summed E-state index contributed by atoms with van der Waals surface area (Å²) in [6.07, 6.45) is 3.81. The second kappa shape index (κ2) is 10.9. The summed E-state index contributed by atoms with van der Waals surface area (Å²) in [5, 5.41) is 7.61. The maximum Gasteiger partial charge on any atom is 0.280 e. The Balaban J connectivity index is 1.20. The van der Waals surface area contributed by atoms with Gasteiger partial charge in [0.05, 0.1) is 16.3 Å². The van der Waals surface area contributed by atoms with Gasteiger partial charge in [-0.3, -0.25) is 14.6 Å². The molecule has 41 heavy (non-hydrogen) atoms. The molecule has 1 atom stereocenters. The van der Waals surface area contributed by atoms with Crippen molar-refractivity contribution in [3.05, 3.63) is 65.2 Å². The van der Waals surface area contributed by atoms with E-state index >= 15 is 0 Å². The number of nitrogens with zero attached hydrogens (tertiary/aromatic N) is 6. The van der Waals surface area contributed by atoms with Crippen LogP contribution in [-0.4, -0.2) is 68.5 Å². The zero-order valence-corrected chi connectivity index (χ0v) is 23.1. The van der Waals surface area contributed by atoms with Crippen molar-refractivity contribution in [2.75, 3.05) is 36.8 Å². The SMILES string of the molecule is CC(=O)N1CC=C(c2cc(N3CCC[C@@H](NC(=O)c4ccc(-c5ccnc(C(F)F)c5)s4)C3)c3c(N)ncnn23)C1. The molecule has 212 valence electrons. The van der Waals surface area contributed by atoms with Crippen LogP contribution in [0.4, 0.5) is 20.3 Å². The molecule has 10 nitrogen and oxygen atoms in total. The normalized spacial score (nSPS) is 17.4. The molecule has 4 aromatic rings. The number of hydrogen-bond acceptors (Lipinski definition) is 8. The number of halogens is 2. The van der Waals surface area contributed by atoms with E-state index in [1.807, 2.05) is 12.1 Å². The third-order valence-corrected chi connectivity index (χ3v) is 8.61. The van der Waals surface area contributed by atoms with E-state index in [1.54, 1.807) is 34.5 Å². The van der Waals surface area contributed by atoms with E-state index in [9.17, 15) is 18.4 Å². The quantitative estimate of drug-likeness (QED) is 0.355. The third kappa shape index (κ3) is 5.24. The summed E-state index contributed by atoms with van der Waals surface area (Å²) in [5.74, 6) is 0.159. The average molecular weight is 579 g/mol. The van der Waals surface area contributed by atoms with Crippen LogP contribution in [0.15, 0.2) is 48.9 Å². The first-order valence-corrected chi connectivity index (χ1v) is 14.1. The summed E-state index contributed by atoms with van der Waals surface area (Å²) < 4.78 is 27.9. The van der Waals surface area contributed by atoms with E-state index in [2.05, 4.69) is 25.3 Å². The van der Waals surface area contributed by atoms with Gasteiger partial charge in [-0.15, -0.1) is 11.3 Å². The maximum absolute atomic E-state index is 13.2. The molecule has 6 heterocycles. The van der Waals surface area contributed by atoms with Crippen LogP contribution in [-0.2, 0) is 4.79 Å². The first-order chi connectivity index (χ1) is 19.8. The molecule has 2 aliphatic heterocycles. The number of piperidine rings is 1. The number of fused-ring (bicyclic) bond motifs is 1. The molecule has 1 fully saturated rings. The van der Waals surface area contributed by atoms with Crippen molar-refractivity contribution in [2.24, 2.45) is 0 Å². The zero-order chi connectivity index (χ0) is 28.7. The van der Waals surface area contributed by atoms with E-state index < -0.39 is 6.43 Å². The molecule has 6 rings (SSSR count). The highest BCUT2D eigenvalue weighted by Gasteiger charge is 2.28. The van der Waals surface area contributed by atoms with Crippen LogP contribution in [0.2, 0.25) is 0 Å². The van der Waals surface area contributed by atoms with Crippen molar-refractivity contribution in [3.8, 4) is 10.4 Å². The van der Waals surface area contributed by atoms with Crippen molar-refractivity contribution >= 4 is 45.7 Å². The Morgan fingerprint density at radius 1 is 1.20 bits per heavy atom. The number of anilines is 2. The summed E-state index contributed by atoms with van der Waals surface area (Å²) >= 11 is 1.25. The lowest BCUT2D eigenvalue weighted by molar-refractivity contribution is -0.127. The van der Waals surface area contributed by atoms with Gasteiger partial charge >= 0.3 is 0 Å². The number of nitrogens with one attached hydrogen (secondary N) is 1. The van der Waals surface area contributed by atoms with E-state index in [0.29, 0.717) is 41.4 Å². The molecule has 0 radical (unpaired) electrons. The molecule has 2 aliphatic rings. The number of amides is 2. The van der Waals surface area contributed by atoms with Gasteiger partial charge in [0.15, 0.2) is 5.82 Å². The lowest BCUT2D eigenvalue weighted by Gasteiger charge is -2.34. The Kier molecular flexibility index (Phi) is 7.12. The third-order valence-electron chi connectivity index (χ3n) is 7.47. The van der Waals surface area contributed by atoms with Crippen LogP contribution in [0.5, 0.6) is 0 Å². The second-order valence-electron chi connectivity index (χ2n) is 10.1. The molecule has 3 N–H and O–H groups in total. The minimum atomic E-state index is -2.66. The number of thiophene rings is 1. The fourth-order valence-electron chi connectivity index (χ4n) is 5.41. The summed E-state index contributed by atoms with van der Waals surface area (Å²) in [6, 6.07) is 8.40. The van der Waals surface area contributed by atoms with Gasteiger partial charge in [-0.1, -0.05) is 6.08 Å². The summed E-state index contributed by atoms with van der Waals surface area (Å²) in [4.78, 5) is 38.2. The monoisotopic (exact) mass is 578 g/mol. The van der Waals surface area contributed by atoms with Gasteiger partial charge in [0, 0.05) is 50.2 Å². The van der Waals surface area contributed by atoms with Gasteiger partial charge in [-0.05, 0) is 54.3 Å². The first kappa shape index (κ1) is 26.8. The Labute approximate surface area is 238 Å². The number of pyridine rings is 1. The number of hydrogen-bond donors (Lipinski definition) is 2. The van der Waals surface area contributed by atoms with Crippen LogP contribution in [0.25, 0.3) is 21.5 Å². The molecule has 2 amide bonds. The minimum Gasteiger partial charge on any atom is -0.382 e. The summed E-state index contributed by atoms with van der Waals surface area (Å²) in [7, 11) is 0. The predicted molar refractivity (Wildman–Crippen MR) is 153 cm³/mol. The molecule has 13 heteroatoms. The second-order valence-corrected chi connectivity index (χ2v) is 11.2. The lowest BCUT2D eigenvalue weighted by atomic mass is 10.0. The van der Waals surface area contributed by atoms with E-state index in [1.165, 1.54) is 29.9 Å². The Morgan fingerprint density at radius 2 is 2.05 bits per heavy atom. The molecule has 0 spiro atoms. The molecule has 0 saturated carbocycles. The van der Waals surface area contributed by atoms with Gasteiger partial charge in [0.2, 0.25) is 5.91 Å². The molecule has 0 bridgehead atoms. The number of carbonyl (C=O) groups is 2. The van der Waals surface area contributed by atoms with Crippen molar-refractivity contribution < 1.29 is 18.4 Å². The summed E-state index contributed by atoms with van der Waals surface area (Å²) in [6.45, 7) is 3.94. The van der Waals surface area contributed by atoms with Gasteiger partial charge in [-0.25, -0.2) is 18.3 Å². The summed E-state index contributed by atoms with van der Waals surface area (Å²) in [5.41, 5.74) is 10.1. The van der Waals surface area contributed by atoms with Crippen LogP contribution in [0, 0.1) is 0 Å². The van der Waals surface area contributed by atoms with Crippen molar-refractivity contribution in [2.45, 2.75) is 32.2 Å². The van der Waals surface area contributed by atoms with Gasteiger partial charge in [0.25, 0.3) is 12.3 Å². The molecular formula is C28H28F2N8O2S.